The zero-order valence-electron chi connectivity index (χ0n) is 9.85. The molecule has 17 heavy (non-hydrogen) atoms. The van der Waals surface area contributed by atoms with Crippen molar-refractivity contribution in [3.8, 4) is 0 Å². The van der Waals surface area contributed by atoms with Crippen LogP contribution in [0.3, 0.4) is 0 Å². The highest BCUT2D eigenvalue weighted by Gasteiger charge is 2.41. The predicted octanol–water partition coefficient (Wildman–Crippen LogP) is 2.18. The van der Waals surface area contributed by atoms with E-state index >= 15 is 0 Å². The van der Waals surface area contributed by atoms with Crippen molar-refractivity contribution < 1.29 is 4.79 Å². The van der Waals surface area contributed by atoms with Gasteiger partial charge in [-0.25, -0.2) is 4.98 Å². The summed E-state index contributed by atoms with van der Waals surface area (Å²) in [5.74, 6) is 0.147. The minimum atomic E-state index is -0.0747. The molecule has 0 aromatic carbocycles. The summed E-state index contributed by atoms with van der Waals surface area (Å²) in [6.07, 6.45) is 4.13. The van der Waals surface area contributed by atoms with Gasteiger partial charge in [0.15, 0.2) is 0 Å². The zero-order valence-corrected chi connectivity index (χ0v) is 11.4. The fraction of sp³-hybridized carbons (Fsp3) is 0.500. The number of carbonyl (C=O) groups is 1. The Morgan fingerprint density at radius 2 is 2.12 bits per heavy atom. The lowest BCUT2D eigenvalue weighted by Crippen LogP contribution is -2.51. The second kappa shape index (κ2) is 3.70. The Bertz CT molecular complexity index is 487. The van der Waals surface area contributed by atoms with Crippen molar-refractivity contribution in [1.29, 1.82) is 0 Å². The molecule has 1 amide bonds. The van der Waals surface area contributed by atoms with Gasteiger partial charge in [0.05, 0.1) is 17.6 Å². The molecule has 3 rings (SSSR count). The molecule has 90 valence electrons. The second-order valence-corrected chi connectivity index (χ2v) is 5.52. The van der Waals surface area contributed by atoms with E-state index in [9.17, 15) is 4.79 Å². The molecule has 1 aliphatic carbocycles. The van der Waals surface area contributed by atoms with Gasteiger partial charge < -0.3 is 9.80 Å². The van der Waals surface area contributed by atoms with Crippen LogP contribution in [-0.4, -0.2) is 30.0 Å². The normalized spacial score (nSPS) is 23.9. The molecule has 0 N–H and O–H groups in total. The fourth-order valence-corrected chi connectivity index (χ4v) is 2.79. The summed E-state index contributed by atoms with van der Waals surface area (Å²) in [5, 5.41) is 0. The van der Waals surface area contributed by atoms with Gasteiger partial charge in [0.25, 0.3) is 0 Å². The molecule has 2 aliphatic rings. The third-order valence-electron chi connectivity index (χ3n) is 3.51. The lowest BCUT2D eigenvalue weighted by Gasteiger charge is -2.40. The molecule has 1 aliphatic heterocycles. The number of nitrogens with zero attached hydrogens (tertiary/aromatic N) is 3. The van der Waals surface area contributed by atoms with E-state index in [1.54, 1.807) is 11.1 Å². The maximum atomic E-state index is 12.2. The minimum Gasteiger partial charge on any atom is -0.355 e. The first kappa shape index (κ1) is 11.0. The lowest BCUT2D eigenvalue weighted by molar-refractivity contribution is -0.119. The molecule has 0 spiro atoms. The molecular formula is C12H14BrN3O. The number of likely N-dealkylation sites (N-methyl/N-ethyl adjacent to an activating group) is 1. The van der Waals surface area contributed by atoms with Crippen molar-refractivity contribution in [2.45, 2.75) is 31.8 Å². The summed E-state index contributed by atoms with van der Waals surface area (Å²) in [5.41, 5.74) is 2.02. The fourth-order valence-electron chi connectivity index (χ4n) is 2.47. The molecule has 1 aromatic heterocycles. The first-order chi connectivity index (χ1) is 8.09. The van der Waals surface area contributed by atoms with Crippen LogP contribution in [0.5, 0.6) is 0 Å². The van der Waals surface area contributed by atoms with Gasteiger partial charge in [-0.2, -0.15) is 0 Å². The molecule has 1 saturated carbocycles. The van der Waals surface area contributed by atoms with Crippen LogP contribution in [0.2, 0.25) is 0 Å². The number of amides is 1. The molecule has 0 radical (unpaired) electrons. The van der Waals surface area contributed by atoms with Gasteiger partial charge in [-0.1, -0.05) is 0 Å². The van der Waals surface area contributed by atoms with Crippen molar-refractivity contribution in [3.63, 3.8) is 0 Å². The van der Waals surface area contributed by atoms with E-state index in [2.05, 4.69) is 25.8 Å². The second-order valence-electron chi connectivity index (χ2n) is 4.71. The Kier molecular flexibility index (Phi) is 2.40. The van der Waals surface area contributed by atoms with Gasteiger partial charge in [0.2, 0.25) is 5.91 Å². The molecule has 1 aromatic rings. The van der Waals surface area contributed by atoms with Gasteiger partial charge in [-0.15, -0.1) is 0 Å². The highest BCUT2D eigenvalue weighted by atomic mass is 79.9. The van der Waals surface area contributed by atoms with Crippen molar-refractivity contribution >= 4 is 33.2 Å². The number of hydrogen-bond donors (Lipinski definition) is 0. The lowest BCUT2D eigenvalue weighted by atomic mass is 10.1. The van der Waals surface area contributed by atoms with Gasteiger partial charge in [0, 0.05) is 13.1 Å². The molecule has 0 saturated heterocycles. The number of halogens is 1. The maximum Gasteiger partial charge on any atom is 0.249 e. The molecule has 1 fully saturated rings. The number of carbonyl (C=O) groups excluding carboxylic acids is 1. The molecule has 1 atom stereocenters. The number of rotatable bonds is 1. The van der Waals surface area contributed by atoms with Gasteiger partial charge in [0.1, 0.15) is 10.6 Å². The van der Waals surface area contributed by atoms with Gasteiger partial charge in [-0.05, 0) is 41.8 Å². The van der Waals surface area contributed by atoms with E-state index < -0.39 is 0 Å². The smallest absolute Gasteiger partial charge is 0.249 e. The SMILES string of the molecule is CC1C(=O)N(C)c2cnc(Br)cc2N1C1CC1. The van der Waals surface area contributed by atoms with Crippen molar-refractivity contribution in [2.75, 3.05) is 16.8 Å². The number of fused-ring (bicyclic) bond motifs is 1. The van der Waals surface area contributed by atoms with Crippen LogP contribution in [0.1, 0.15) is 19.8 Å². The number of aromatic nitrogens is 1. The largest absolute Gasteiger partial charge is 0.355 e. The van der Waals surface area contributed by atoms with E-state index in [-0.39, 0.29) is 11.9 Å². The number of pyridine rings is 1. The summed E-state index contributed by atoms with van der Waals surface area (Å²) in [6.45, 7) is 1.98. The van der Waals surface area contributed by atoms with E-state index in [4.69, 9.17) is 0 Å². The Labute approximate surface area is 109 Å². The molecule has 1 unspecified atom stereocenters. The minimum absolute atomic E-state index is 0.0747. The Morgan fingerprint density at radius 3 is 2.76 bits per heavy atom. The molecule has 0 bridgehead atoms. The third kappa shape index (κ3) is 1.64. The van der Waals surface area contributed by atoms with Crippen LogP contribution in [0.25, 0.3) is 0 Å². The Hall–Kier alpha value is -1.10. The predicted molar refractivity (Wildman–Crippen MR) is 70.3 cm³/mol. The summed E-state index contributed by atoms with van der Waals surface area (Å²) in [4.78, 5) is 20.3. The van der Waals surface area contributed by atoms with Crippen LogP contribution in [-0.2, 0) is 4.79 Å². The topological polar surface area (TPSA) is 36.4 Å². The average molecular weight is 296 g/mol. The highest BCUT2D eigenvalue weighted by molar-refractivity contribution is 9.10. The maximum absolute atomic E-state index is 12.2. The number of anilines is 2. The first-order valence-corrected chi connectivity index (χ1v) is 6.60. The standard InChI is InChI=1S/C12H14BrN3O/c1-7-12(17)15(2)10-6-14-11(13)5-9(10)16(7)8-3-4-8/h5-8H,3-4H2,1-2H3. The quantitative estimate of drug-likeness (QED) is 0.745. The summed E-state index contributed by atoms with van der Waals surface area (Å²) < 4.78 is 0.817. The summed E-state index contributed by atoms with van der Waals surface area (Å²) in [6, 6.07) is 2.46. The van der Waals surface area contributed by atoms with Crippen molar-refractivity contribution in [2.24, 2.45) is 0 Å². The Balaban J connectivity index is 2.14. The summed E-state index contributed by atoms with van der Waals surface area (Å²) >= 11 is 3.40. The molecule has 4 nitrogen and oxygen atoms in total. The first-order valence-electron chi connectivity index (χ1n) is 5.81. The van der Waals surface area contributed by atoms with E-state index in [0.29, 0.717) is 6.04 Å². The third-order valence-corrected chi connectivity index (χ3v) is 3.95. The van der Waals surface area contributed by atoms with E-state index in [0.717, 1.165) is 16.0 Å². The van der Waals surface area contributed by atoms with Gasteiger partial charge >= 0.3 is 0 Å². The van der Waals surface area contributed by atoms with Crippen LogP contribution < -0.4 is 9.80 Å². The van der Waals surface area contributed by atoms with Crippen LogP contribution in [0.4, 0.5) is 11.4 Å². The molecular weight excluding hydrogens is 282 g/mol. The molecule has 2 heterocycles. The highest BCUT2D eigenvalue weighted by Crippen LogP contribution is 2.42. The van der Waals surface area contributed by atoms with Crippen LogP contribution in [0, 0.1) is 0 Å². The van der Waals surface area contributed by atoms with Crippen molar-refractivity contribution in [3.05, 3.63) is 16.9 Å². The molecule has 5 heteroatoms. The Morgan fingerprint density at radius 1 is 1.41 bits per heavy atom. The zero-order chi connectivity index (χ0) is 12.2. The van der Waals surface area contributed by atoms with Crippen LogP contribution in [0.15, 0.2) is 16.9 Å². The number of hydrogen-bond acceptors (Lipinski definition) is 3. The average Bonchev–Trinajstić information content (AvgIpc) is 3.10. The van der Waals surface area contributed by atoms with Crippen molar-refractivity contribution in [1.82, 2.24) is 4.98 Å². The summed E-state index contributed by atoms with van der Waals surface area (Å²) in [7, 11) is 1.82. The van der Waals surface area contributed by atoms with E-state index in [1.807, 2.05) is 20.0 Å². The van der Waals surface area contributed by atoms with Crippen LogP contribution >= 0.6 is 15.9 Å². The monoisotopic (exact) mass is 295 g/mol. The van der Waals surface area contributed by atoms with Gasteiger partial charge in [-0.3, -0.25) is 4.79 Å². The van der Waals surface area contributed by atoms with E-state index in [1.165, 1.54) is 12.8 Å².